The summed E-state index contributed by atoms with van der Waals surface area (Å²) < 4.78 is 0. The lowest BCUT2D eigenvalue weighted by Gasteiger charge is -2.11. The molecule has 2 rings (SSSR count). The molecule has 0 bridgehead atoms. The highest BCUT2D eigenvalue weighted by molar-refractivity contribution is 5.42. The van der Waals surface area contributed by atoms with E-state index in [-0.39, 0.29) is 0 Å². The monoisotopic (exact) mass is 200 g/mol. The van der Waals surface area contributed by atoms with Crippen molar-refractivity contribution in [1.82, 2.24) is 5.32 Å². The van der Waals surface area contributed by atoms with Crippen LogP contribution >= 0.6 is 0 Å². The van der Waals surface area contributed by atoms with Crippen LogP contribution in [0.1, 0.15) is 35.1 Å². The molecule has 0 unspecified atom stereocenters. The van der Waals surface area contributed by atoms with Gasteiger partial charge in [-0.3, -0.25) is 0 Å². The zero-order valence-electron chi connectivity index (χ0n) is 9.30. The average molecular weight is 200 g/mol. The van der Waals surface area contributed by atoms with Crippen LogP contribution in [0.4, 0.5) is 0 Å². The minimum Gasteiger partial charge on any atom is -0.310 e. The Labute approximate surface area is 90.9 Å². The Balaban J connectivity index is 2.18. The van der Waals surface area contributed by atoms with Crippen LogP contribution < -0.4 is 5.32 Å². The quantitative estimate of drug-likeness (QED) is 0.813. The van der Waals surface area contributed by atoms with Crippen LogP contribution in [0.25, 0.3) is 0 Å². The van der Waals surface area contributed by atoms with Gasteiger partial charge in [-0.2, -0.15) is 5.26 Å². The van der Waals surface area contributed by atoms with Gasteiger partial charge < -0.3 is 5.32 Å². The summed E-state index contributed by atoms with van der Waals surface area (Å²) in [6, 6.07) is 6.87. The van der Waals surface area contributed by atoms with Crippen molar-refractivity contribution in [3.8, 4) is 6.07 Å². The van der Waals surface area contributed by atoms with E-state index in [4.69, 9.17) is 5.26 Å². The van der Waals surface area contributed by atoms with E-state index in [2.05, 4.69) is 25.2 Å². The van der Waals surface area contributed by atoms with E-state index in [1.807, 2.05) is 12.1 Å². The zero-order chi connectivity index (χ0) is 10.8. The molecule has 78 valence electrons. The summed E-state index contributed by atoms with van der Waals surface area (Å²) in [7, 11) is 0. The number of benzene rings is 1. The molecule has 1 aromatic rings. The van der Waals surface area contributed by atoms with Crippen molar-refractivity contribution in [2.75, 3.05) is 0 Å². The fourth-order valence-electron chi connectivity index (χ4n) is 1.87. The standard InChI is InChI=1S/C13H16N2/c1-9-5-11(7-14)6-10(2)13(9)8-15-12-3-4-12/h5-6,12,15H,3-4,8H2,1-2H3. The number of hydrogen-bond acceptors (Lipinski definition) is 2. The van der Waals surface area contributed by atoms with Gasteiger partial charge in [0.25, 0.3) is 0 Å². The molecule has 1 aliphatic carbocycles. The molecule has 15 heavy (non-hydrogen) atoms. The van der Waals surface area contributed by atoms with Crippen LogP contribution in [0.2, 0.25) is 0 Å². The first-order chi connectivity index (χ1) is 7.20. The Morgan fingerprint density at radius 1 is 1.33 bits per heavy atom. The number of hydrogen-bond donors (Lipinski definition) is 1. The van der Waals surface area contributed by atoms with E-state index in [9.17, 15) is 0 Å². The largest absolute Gasteiger partial charge is 0.310 e. The molecule has 1 N–H and O–H groups in total. The average Bonchev–Trinajstić information content (AvgIpc) is 3.00. The lowest BCUT2D eigenvalue weighted by Crippen LogP contribution is -2.17. The third-order valence-electron chi connectivity index (χ3n) is 2.97. The minimum atomic E-state index is 0.736. The SMILES string of the molecule is Cc1cc(C#N)cc(C)c1CNC1CC1. The predicted molar refractivity (Wildman–Crippen MR) is 60.5 cm³/mol. The van der Waals surface area contributed by atoms with Crippen LogP contribution in [0, 0.1) is 25.2 Å². The number of nitriles is 1. The van der Waals surface area contributed by atoms with Crippen LogP contribution in [-0.2, 0) is 6.54 Å². The van der Waals surface area contributed by atoms with Gasteiger partial charge in [-0.25, -0.2) is 0 Å². The normalized spacial score (nSPS) is 15.0. The third-order valence-corrected chi connectivity index (χ3v) is 2.97. The summed E-state index contributed by atoms with van der Waals surface area (Å²) in [5.41, 5.74) is 4.56. The lowest BCUT2D eigenvalue weighted by atomic mass is 10.00. The Hall–Kier alpha value is -1.33. The van der Waals surface area contributed by atoms with Gasteiger partial charge in [-0.05, 0) is 55.5 Å². The van der Waals surface area contributed by atoms with Gasteiger partial charge in [0.2, 0.25) is 0 Å². The first kappa shape index (κ1) is 10.2. The fraction of sp³-hybridized carbons (Fsp3) is 0.462. The maximum atomic E-state index is 8.84. The van der Waals surface area contributed by atoms with Crippen molar-refractivity contribution in [1.29, 1.82) is 5.26 Å². The Morgan fingerprint density at radius 2 is 1.93 bits per heavy atom. The fourth-order valence-corrected chi connectivity index (χ4v) is 1.87. The van der Waals surface area contributed by atoms with Crippen LogP contribution in [0.5, 0.6) is 0 Å². The maximum absolute atomic E-state index is 8.84. The topological polar surface area (TPSA) is 35.8 Å². The van der Waals surface area contributed by atoms with Crippen LogP contribution in [-0.4, -0.2) is 6.04 Å². The molecule has 2 heteroatoms. The highest BCUT2D eigenvalue weighted by Crippen LogP contribution is 2.21. The molecule has 0 aliphatic heterocycles. The molecule has 0 aromatic heterocycles. The van der Waals surface area contributed by atoms with Gasteiger partial charge in [0.05, 0.1) is 11.6 Å². The Bertz CT molecular complexity index is 388. The highest BCUT2D eigenvalue weighted by Gasteiger charge is 2.20. The third kappa shape index (κ3) is 2.37. The van der Waals surface area contributed by atoms with Gasteiger partial charge in [-0.15, -0.1) is 0 Å². The number of nitrogens with zero attached hydrogens (tertiary/aromatic N) is 1. The highest BCUT2D eigenvalue weighted by atomic mass is 14.9. The summed E-state index contributed by atoms with van der Waals surface area (Å²) in [5.74, 6) is 0. The van der Waals surface area contributed by atoms with Gasteiger partial charge in [0.15, 0.2) is 0 Å². The summed E-state index contributed by atoms with van der Waals surface area (Å²) in [4.78, 5) is 0. The number of rotatable bonds is 3. The lowest BCUT2D eigenvalue weighted by molar-refractivity contribution is 0.682. The van der Waals surface area contributed by atoms with Gasteiger partial charge >= 0.3 is 0 Å². The van der Waals surface area contributed by atoms with Gasteiger partial charge in [0, 0.05) is 12.6 Å². The van der Waals surface area contributed by atoms with Gasteiger partial charge in [-0.1, -0.05) is 0 Å². The smallest absolute Gasteiger partial charge is 0.0991 e. The van der Waals surface area contributed by atoms with Crippen molar-refractivity contribution in [2.24, 2.45) is 0 Å². The molecule has 1 saturated carbocycles. The predicted octanol–water partition coefficient (Wildman–Crippen LogP) is 2.43. The molecule has 1 fully saturated rings. The molecule has 0 radical (unpaired) electrons. The van der Waals surface area contributed by atoms with E-state index in [1.165, 1.54) is 29.5 Å². The van der Waals surface area contributed by atoms with E-state index in [0.717, 1.165) is 18.2 Å². The summed E-state index contributed by atoms with van der Waals surface area (Å²) in [6.07, 6.45) is 2.63. The van der Waals surface area contributed by atoms with E-state index >= 15 is 0 Å². The Kier molecular flexibility index (Phi) is 2.75. The molecule has 0 amide bonds. The van der Waals surface area contributed by atoms with Crippen LogP contribution in [0.15, 0.2) is 12.1 Å². The van der Waals surface area contributed by atoms with E-state index < -0.39 is 0 Å². The summed E-state index contributed by atoms with van der Waals surface area (Å²) >= 11 is 0. The first-order valence-electron chi connectivity index (χ1n) is 5.44. The Morgan fingerprint density at radius 3 is 2.40 bits per heavy atom. The summed E-state index contributed by atoms with van der Waals surface area (Å²) in [6.45, 7) is 5.10. The van der Waals surface area contributed by atoms with Crippen molar-refractivity contribution in [2.45, 2.75) is 39.3 Å². The molecule has 0 spiro atoms. The van der Waals surface area contributed by atoms with Crippen molar-refractivity contribution >= 4 is 0 Å². The second-order valence-corrected chi connectivity index (χ2v) is 4.36. The minimum absolute atomic E-state index is 0.736. The van der Waals surface area contributed by atoms with Crippen molar-refractivity contribution < 1.29 is 0 Å². The second-order valence-electron chi connectivity index (χ2n) is 4.36. The van der Waals surface area contributed by atoms with E-state index in [1.54, 1.807) is 0 Å². The first-order valence-corrected chi connectivity index (χ1v) is 5.44. The number of nitrogens with one attached hydrogen (secondary N) is 1. The zero-order valence-corrected chi connectivity index (χ0v) is 9.30. The molecular weight excluding hydrogens is 184 g/mol. The van der Waals surface area contributed by atoms with Crippen LogP contribution in [0.3, 0.4) is 0 Å². The summed E-state index contributed by atoms with van der Waals surface area (Å²) in [5, 5.41) is 12.3. The molecule has 1 aliphatic rings. The molecule has 0 heterocycles. The molecule has 1 aromatic carbocycles. The van der Waals surface area contributed by atoms with Crippen molar-refractivity contribution in [3.63, 3.8) is 0 Å². The van der Waals surface area contributed by atoms with E-state index in [0.29, 0.717) is 0 Å². The molecule has 2 nitrogen and oxygen atoms in total. The van der Waals surface area contributed by atoms with Gasteiger partial charge in [0.1, 0.15) is 0 Å². The van der Waals surface area contributed by atoms with Crippen molar-refractivity contribution in [3.05, 3.63) is 34.4 Å². The maximum Gasteiger partial charge on any atom is 0.0991 e. The number of aryl methyl sites for hydroxylation is 2. The molecule has 0 atom stereocenters. The molecule has 0 saturated heterocycles. The molecular formula is C13H16N2. The second kappa shape index (κ2) is 4.04.